The van der Waals surface area contributed by atoms with Crippen molar-refractivity contribution in [2.24, 2.45) is 0 Å². The highest BCUT2D eigenvalue weighted by atomic mass is 35.5. The van der Waals surface area contributed by atoms with Gasteiger partial charge in [-0.1, -0.05) is 11.6 Å². The van der Waals surface area contributed by atoms with Gasteiger partial charge in [-0.05, 0) is 31.2 Å². The van der Waals surface area contributed by atoms with E-state index in [9.17, 15) is 13.2 Å². The number of hydrogen-bond donors (Lipinski definition) is 1. The van der Waals surface area contributed by atoms with Gasteiger partial charge < -0.3 is 4.74 Å². The summed E-state index contributed by atoms with van der Waals surface area (Å²) >= 11 is 5.83. The number of nitrogens with one attached hydrogen (secondary N) is 1. The van der Waals surface area contributed by atoms with Crippen molar-refractivity contribution < 1.29 is 17.9 Å². The van der Waals surface area contributed by atoms with Gasteiger partial charge >= 0.3 is 5.97 Å². The zero-order valence-electron chi connectivity index (χ0n) is 12.9. The summed E-state index contributed by atoms with van der Waals surface area (Å²) in [4.78, 5) is 12.4. The number of sulfonamides is 1. The topological polar surface area (TPSA) is 92.4 Å². The third kappa shape index (κ3) is 3.04. The Morgan fingerprint density at radius 2 is 2.12 bits per heavy atom. The number of rotatable bonds is 4. The molecule has 1 aromatic carbocycles. The molecule has 0 amide bonds. The van der Waals surface area contributed by atoms with Crippen molar-refractivity contribution >= 4 is 27.6 Å². The fourth-order valence-electron chi connectivity index (χ4n) is 2.66. The van der Waals surface area contributed by atoms with Gasteiger partial charge in [-0.3, -0.25) is 9.89 Å². The van der Waals surface area contributed by atoms with Gasteiger partial charge in [-0.25, -0.2) is 8.42 Å². The highest BCUT2D eigenvalue weighted by molar-refractivity contribution is 7.89. The second-order valence-corrected chi connectivity index (χ2v) is 7.68. The SMILES string of the molecule is CCOC(=O)[C@H]1Cc2[nH]ncc2CN1S(=O)(=O)c1ccc(Cl)cc1. The fraction of sp³-hybridized carbons (Fsp3) is 0.333. The highest BCUT2D eigenvalue weighted by Crippen LogP contribution is 2.29. The summed E-state index contributed by atoms with van der Waals surface area (Å²) in [5.74, 6) is -0.574. The summed E-state index contributed by atoms with van der Waals surface area (Å²) < 4.78 is 32.2. The first-order valence-corrected chi connectivity index (χ1v) is 9.20. The Bertz CT molecular complexity index is 848. The molecule has 1 aliphatic heterocycles. The number of carbonyl (C=O) groups is 1. The second-order valence-electron chi connectivity index (χ2n) is 5.35. The molecule has 1 N–H and O–H groups in total. The average molecular weight is 370 g/mol. The molecule has 128 valence electrons. The summed E-state index contributed by atoms with van der Waals surface area (Å²) in [5, 5.41) is 7.17. The molecule has 3 rings (SSSR count). The summed E-state index contributed by atoms with van der Waals surface area (Å²) in [7, 11) is -3.88. The molecule has 0 saturated carbocycles. The molecule has 0 spiro atoms. The van der Waals surface area contributed by atoms with Crippen LogP contribution >= 0.6 is 11.6 Å². The first-order chi connectivity index (χ1) is 11.4. The Labute approximate surface area is 144 Å². The number of nitrogens with zero attached hydrogens (tertiary/aromatic N) is 2. The number of ether oxygens (including phenoxy) is 1. The molecule has 24 heavy (non-hydrogen) atoms. The van der Waals surface area contributed by atoms with Crippen LogP contribution in [0.1, 0.15) is 18.2 Å². The van der Waals surface area contributed by atoms with E-state index in [0.717, 1.165) is 15.6 Å². The minimum absolute atomic E-state index is 0.0558. The maximum Gasteiger partial charge on any atom is 0.324 e. The largest absolute Gasteiger partial charge is 0.465 e. The number of aromatic nitrogens is 2. The number of hydrogen-bond acceptors (Lipinski definition) is 5. The Balaban J connectivity index is 2.01. The van der Waals surface area contributed by atoms with Crippen LogP contribution in [-0.4, -0.2) is 41.5 Å². The summed E-state index contributed by atoms with van der Waals surface area (Å²) in [5.41, 5.74) is 1.49. The number of benzene rings is 1. The lowest BCUT2D eigenvalue weighted by Gasteiger charge is -2.32. The third-order valence-electron chi connectivity index (χ3n) is 3.86. The van der Waals surface area contributed by atoms with E-state index in [0.29, 0.717) is 5.02 Å². The van der Waals surface area contributed by atoms with Crippen molar-refractivity contribution in [3.63, 3.8) is 0 Å². The van der Waals surface area contributed by atoms with Crippen molar-refractivity contribution in [3.05, 3.63) is 46.7 Å². The molecule has 0 bridgehead atoms. The van der Waals surface area contributed by atoms with Gasteiger partial charge in [0.15, 0.2) is 0 Å². The number of fused-ring (bicyclic) bond motifs is 1. The molecule has 7 nitrogen and oxygen atoms in total. The van der Waals surface area contributed by atoms with Crippen LogP contribution in [0.5, 0.6) is 0 Å². The van der Waals surface area contributed by atoms with Gasteiger partial charge in [0.25, 0.3) is 0 Å². The predicted molar refractivity (Wildman–Crippen MR) is 86.9 cm³/mol. The van der Waals surface area contributed by atoms with Crippen molar-refractivity contribution in [2.45, 2.75) is 30.8 Å². The number of halogens is 1. The van der Waals surface area contributed by atoms with Crippen LogP contribution < -0.4 is 0 Å². The monoisotopic (exact) mass is 369 g/mol. The molecule has 2 aromatic rings. The van der Waals surface area contributed by atoms with Crippen molar-refractivity contribution in [3.8, 4) is 0 Å². The molecule has 0 fully saturated rings. The molecule has 1 aromatic heterocycles. The van der Waals surface area contributed by atoms with Gasteiger partial charge in [0.2, 0.25) is 10.0 Å². The summed E-state index contributed by atoms with van der Waals surface area (Å²) in [6.45, 7) is 1.92. The van der Waals surface area contributed by atoms with Gasteiger partial charge in [0, 0.05) is 29.2 Å². The zero-order valence-corrected chi connectivity index (χ0v) is 14.5. The first-order valence-electron chi connectivity index (χ1n) is 7.38. The normalized spacial score (nSPS) is 18.2. The molecule has 2 heterocycles. The quantitative estimate of drug-likeness (QED) is 0.829. The van der Waals surface area contributed by atoms with Crippen LogP contribution in [0.2, 0.25) is 5.02 Å². The lowest BCUT2D eigenvalue weighted by molar-refractivity contribution is -0.148. The standard InChI is InChI=1S/C15H16ClN3O4S/c1-2-23-15(20)14-7-13-10(8-17-18-13)9-19(14)24(21,22)12-5-3-11(16)4-6-12/h3-6,8,14H,2,7,9H2,1H3,(H,17,18)/t14-/m1/s1. The van der Waals surface area contributed by atoms with Crippen molar-refractivity contribution in [1.29, 1.82) is 0 Å². The van der Waals surface area contributed by atoms with E-state index < -0.39 is 22.0 Å². The van der Waals surface area contributed by atoms with Crippen LogP contribution in [0.3, 0.4) is 0 Å². The van der Waals surface area contributed by atoms with Crippen LogP contribution in [0.25, 0.3) is 0 Å². The Hall–Kier alpha value is -1.90. The summed E-state index contributed by atoms with van der Waals surface area (Å²) in [6.07, 6.45) is 1.77. The highest BCUT2D eigenvalue weighted by Gasteiger charge is 2.41. The van der Waals surface area contributed by atoms with Crippen LogP contribution in [0.4, 0.5) is 0 Å². The van der Waals surface area contributed by atoms with E-state index in [1.54, 1.807) is 13.1 Å². The number of carbonyl (C=O) groups excluding carboxylic acids is 1. The number of H-pyrrole nitrogens is 1. The van der Waals surface area contributed by atoms with Crippen molar-refractivity contribution in [1.82, 2.24) is 14.5 Å². The van der Waals surface area contributed by atoms with E-state index in [4.69, 9.17) is 16.3 Å². The van der Waals surface area contributed by atoms with E-state index >= 15 is 0 Å². The molecular weight excluding hydrogens is 354 g/mol. The lowest BCUT2D eigenvalue weighted by Crippen LogP contribution is -2.49. The van der Waals surface area contributed by atoms with Crippen LogP contribution in [0, 0.1) is 0 Å². The Morgan fingerprint density at radius 3 is 2.79 bits per heavy atom. The van der Waals surface area contributed by atoms with Crippen LogP contribution in [0.15, 0.2) is 35.4 Å². The summed E-state index contributed by atoms with van der Waals surface area (Å²) in [6, 6.07) is 4.91. The van der Waals surface area contributed by atoms with E-state index in [2.05, 4.69) is 10.2 Å². The Kier molecular flexibility index (Phi) is 4.62. The molecule has 0 saturated heterocycles. The number of esters is 1. The van der Waals surface area contributed by atoms with E-state index in [-0.39, 0.29) is 24.5 Å². The fourth-order valence-corrected chi connectivity index (χ4v) is 4.34. The molecular formula is C15H16ClN3O4S. The van der Waals surface area contributed by atoms with Crippen molar-refractivity contribution in [2.75, 3.05) is 6.61 Å². The smallest absolute Gasteiger partial charge is 0.324 e. The van der Waals surface area contributed by atoms with Crippen LogP contribution in [-0.2, 0) is 32.5 Å². The number of aromatic amines is 1. The average Bonchev–Trinajstić information content (AvgIpc) is 3.01. The van der Waals surface area contributed by atoms with Gasteiger partial charge in [0.05, 0.1) is 17.7 Å². The third-order valence-corrected chi connectivity index (χ3v) is 5.98. The van der Waals surface area contributed by atoms with Gasteiger partial charge in [-0.15, -0.1) is 0 Å². The molecule has 0 aliphatic carbocycles. The maximum absolute atomic E-state index is 13.0. The van der Waals surface area contributed by atoms with Gasteiger partial charge in [0.1, 0.15) is 6.04 Å². The van der Waals surface area contributed by atoms with E-state index in [1.165, 1.54) is 24.3 Å². The molecule has 0 unspecified atom stereocenters. The minimum Gasteiger partial charge on any atom is -0.465 e. The van der Waals surface area contributed by atoms with Gasteiger partial charge in [-0.2, -0.15) is 9.40 Å². The minimum atomic E-state index is -3.88. The molecule has 9 heteroatoms. The zero-order chi connectivity index (χ0) is 17.3. The van der Waals surface area contributed by atoms with E-state index in [1.807, 2.05) is 0 Å². The molecule has 0 radical (unpaired) electrons. The first kappa shape index (κ1) is 16.9. The predicted octanol–water partition coefficient (Wildman–Crippen LogP) is 1.74. The molecule has 1 aliphatic rings. The molecule has 1 atom stereocenters. The maximum atomic E-state index is 13.0. The second kappa shape index (κ2) is 6.54. The lowest BCUT2D eigenvalue weighted by atomic mass is 10.0. The Morgan fingerprint density at radius 1 is 1.42 bits per heavy atom.